The lowest BCUT2D eigenvalue weighted by Crippen LogP contribution is -2.32. The molecule has 5 rings (SSSR count). The molecule has 0 amide bonds. The summed E-state index contributed by atoms with van der Waals surface area (Å²) >= 11 is 4.92. The Labute approximate surface area is 246 Å². The maximum atomic E-state index is 12.9. The zero-order valence-corrected chi connectivity index (χ0v) is 25.0. The number of aromatic nitrogens is 1. The summed E-state index contributed by atoms with van der Waals surface area (Å²) in [4.78, 5) is 29.5. The number of anilines is 1. The predicted octanol–water partition coefficient (Wildman–Crippen LogP) is 7.37. The Bertz CT molecular complexity index is 1530. The number of methoxy groups -OCH3 is 1. The van der Waals surface area contributed by atoms with Crippen molar-refractivity contribution in [3.8, 4) is 22.6 Å². The van der Waals surface area contributed by atoms with Crippen LogP contribution in [0.15, 0.2) is 70.8 Å². The monoisotopic (exact) mass is 620 g/mol. The van der Waals surface area contributed by atoms with E-state index in [9.17, 15) is 9.59 Å². The summed E-state index contributed by atoms with van der Waals surface area (Å²) in [6.45, 7) is 6.40. The Hall–Kier alpha value is -3.56. The molecule has 1 N–H and O–H groups in total. The molecular weight excluding hydrogens is 592 g/mol. The quantitative estimate of drug-likeness (QED) is 0.216. The summed E-state index contributed by atoms with van der Waals surface area (Å²) in [5.74, 6) is 0.102. The highest BCUT2D eigenvalue weighted by atomic mass is 79.9. The van der Waals surface area contributed by atoms with Gasteiger partial charge in [-0.25, -0.2) is 4.79 Å². The number of nitrogens with one attached hydrogen (secondary N) is 1. The molecule has 2 aliphatic heterocycles. The van der Waals surface area contributed by atoms with E-state index in [0.717, 1.165) is 37.3 Å². The molecule has 0 bridgehead atoms. The smallest absolute Gasteiger partial charge is 0.345 e. The molecule has 206 valence electrons. The van der Waals surface area contributed by atoms with Crippen molar-refractivity contribution in [3.63, 3.8) is 0 Å². The number of allylic oxidation sites excluding steroid dienone is 2. The minimum Gasteiger partial charge on any atom is -0.496 e. The van der Waals surface area contributed by atoms with Crippen LogP contribution < -0.4 is 14.8 Å². The Morgan fingerprint density at radius 3 is 2.67 bits per heavy atom. The van der Waals surface area contributed by atoms with Gasteiger partial charge in [0, 0.05) is 44.7 Å². The first-order chi connectivity index (χ1) is 19.1. The number of esters is 2. The fraction of sp³-hybridized carbons (Fsp3) is 0.258. The normalized spacial score (nSPS) is 17.2. The molecule has 7 nitrogen and oxygen atoms in total. The zero-order valence-electron chi connectivity index (χ0n) is 22.6. The molecule has 0 saturated carbocycles. The van der Waals surface area contributed by atoms with E-state index in [1.54, 1.807) is 37.6 Å². The van der Waals surface area contributed by atoms with E-state index in [-0.39, 0.29) is 23.4 Å². The SMILES string of the molecule is COc1cc(OC(=O)c2cccnc2)ccc1-c1ccc2c(c1COC(=O)C1CC=C(Br)S1)C(C)=CC(C)(C)N2. The molecule has 0 aliphatic carbocycles. The van der Waals surface area contributed by atoms with E-state index < -0.39 is 5.97 Å². The number of ether oxygens (including phenoxy) is 3. The van der Waals surface area contributed by atoms with Gasteiger partial charge in [-0.05, 0) is 84.6 Å². The molecule has 0 spiro atoms. The molecule has 0 saturated heterocycles. The average molecular weight is 622 g/mol. The third kappa shape index (κ3) is 5.95. The first-order valence-corrected chi connectivity index (χ1v) is 14.5. The number of hydrogen-bond donors (Lipinski definition) is 1. The largest absolute Gasteiger partial charge is 0.496 e. The molecule has 0 radical (unpaired) electrons. The van der Waals surface area contributed by atoms with Crippen LogP contribution in [-0.2, 0) is 16.1 Å². The van der Waals surface area contributed by atoms with Gasteiger partial charge in [-0.3, -0.25) is 9.78 Å². The fourth-order valence-corrected chi connectivity index (χ4v) is 6.71. The molecule has 1 atom stereocenters. The molecule has 2 aromatic carbocycles. The van der Waals surface area contributed by atoms with Crippen molar-refractivity contribution in [2.45, 2.75) is 44.6 Å². The fourth-order valence-electron chi connectivity index (χ4n) is 5.02. The van der Waals surface area contributed by atoms with E-state index in [0.29, 0.717) is 23.5 Å². The maximum absolute atomic E-state index is 12.9. The van der Waals surface area contributed by atoms with Crippen LogP contribution in [0.5, 0.6) is 11.5 Å². The van der Waals surface area contributed by atoms with Crippen molar-refractivity contribution in [1.82, 2.24) is 4.98 Å². The third-order valence-corrected chi connectivity index (χ3v) is 8.63. The number of rotatable bonds is 7. The van der Waals surface area contributed by atoms with Crippen LogP contribution in [-0.4, -0.2) is 34.8 Å². The van der Waals surface area contributed by atoms with Gasteiger partial charge in [0.25, 0.3) is 0 Å². The molecule has 2 aliphatic rings. The van der Waals surface area contributed by atoms with Crippen LogP contribution in [0.2, 0.25) is 0 Å². The molecule has 3 aromatic rings. The van der Waals surface area contributed by atoms with Gasteiger partial charge in [-0.2, -0.15) is 0 Å². The van der Waals surface area contributed by atoms with Gasteiger partial charge in [0.05, 0.1) is 18.2 Å². The number of carbonyl (C=O) groups excluding carboxylic acids is 2. The summed E-state index contributed by atoms with van der Waals surface area (Å²) in [6, 6.07) is 12.6. The van der Waals surface area contributed by atoms with Crippen LogP contribution in [0.3, 0.4) is 0 Å². The number of thioether (sulfide) groups is 1. The predicted molar refractivity (Wildman–Crippen MR) is 162 cm³/mol. The summed E-state index contributed by atoms with van der Waals surface area (Å²) in [5, 5.41) is 3.31. The number of pyridine rings is 1. The van der Waals surface area contributed by atoms with Gasteiger partial charge in [0.1, 0.15) is 23.4 Å². The lowest BCUT2D eigenvalue weighted by molar-refractivity contribution is -0.144. The molecule has 40 heavy (non-hydrogen) atoms. The minimum absolute atomic E-state index is 0.0974. The Morgan fingerprint density at radius 1 is 1.18 bits per heavy atom. The van der Waals surface area contributed by atoms with Crippen LogP contribution >= 0.6 is 27.7 Å². The lowest BCUT2D eigenvalue weighted by Gasteiger charge is -2.33. The molecule has 3 heterocycles. The highest BCUT2D eigenvalue weighted by molar-refractivity contribution is 9.14. The first kappa shape index (κ1) is 28.0. The number of fused-ring (bicyclic) bond motifs is 1. The van der Waals surface area contributed by atoms with Crippen molar-refractivity contribution >= 4 is 50.9 Å². The van der Waals surface area contributed by atoms with E-state index in [1.807, 2.05) is 24.3 Å². The highest BCUT2D eigenvalue weighted by Crippen LogP contribution is 2.44. The van der Waals surface area contributed by atoms with Crippen LogP contribution in [0.4, 0.5) is 5.69 Å². The van der Waals surface area contributed by atoms with Gasteiger partial charge >= 0.3 is 11.9 Å². The standard InChI is InChI=1S/C31H29BrN2O5S/c1-18-15-31(2,3)34-24-10-9-21(23(28(18)24)17-38-30(36)26-11-12-27(32)40-26)22-8-7-20(14-25(22)37-4)39-29(35)19-6-5-13-33-16-19/h5-10,12-16,26,34H,11,17H2,1-4H3. The van der Waals surface area contributed by atoms with Crippen molar-refractivity contribution in [2.24, 2.45) is 0 Å². The van der Waals surface area contributed by atoms with Gasteiger partial charge in [0.2, 0.25) is 0 Å². The van der Waals surface area contributed by atoms with Crippen molar-refractivity contribution in [1.29, 1.82) is 0 Å². The Kier molecular flexibility index (Phi) is 8.05. The topological polar surface area (TPSA) is 86.8 Å². The van der Waals surface area contributed by atoms with E-state index in [1.165, 1.54) is 18.0 Å². The maximum Gasteiger partial charge on any atom is 0.345 e. The van der Waals surface area contributed by atoms with Crippen molar-refractivity contribution in [2.75, 3.05) is 12.4 Å². The highest BCUT2D eigenvalue weighted by Gasteiger charge is 2.29. The van der Waals surface area contributed by atoms with Gasteiger partial charge in [-0.1, -0.05) is 18.2 Å². The second kappa shape index (κ2) is 11.5. The van der Waals surface area contributed by atoms with Crippen molar-refractivity contribution < 1.29 is 23.8 Å². The number of benzene rings is 2. The summed E-state index contributed by atoms with van der Waals surface area (Å²) in [5.41, 5.74) is 5.71. The first-order valence-electron chi connectivity index (χ1n) is 12.8. The minimum atomic E-state index is -0.510. The van der Waals surface area contributed by atoms with Gasteiger partial charge < -0.3 is 19.5 Å². The number of halogens is 1. The average Bonchev–Trinajstić information content (AvgIpc) is 3.37. The number of carbonyl (C=O) groups is 2. The lowest BCUT2D eigenvalue weighted by atomic mass is 9.85. The molecular formula is C31H29BrN2O5S. The Balaban J connectivity index is 1.51. The third-order valence-electron chi connectivity index (χ3n) is 6.68. The van der Waals surface area contributed by atoms with E-state index in [2.05, 4.69) is 53.1 Å². The van der Waals surface area contributed by atoms with Crippen LogP contribution in [0.25, 0.3) is 16.7 Å². The molecule has 0 fully saturated rings. The molecule has 1 unspecified atom stereocenters. The second-order valence-electron chi connectivity index (χ2n) is 10.1. The van der Waals surface area contributed by atoms with Gasteiger partial charge in [0.15, 0.2) is 0 Å². The van der Waals surface area contributed by atoms with Gasteiger partial charge in [-0.15, -0.1) is 11.8 Å². The second-order valence-corrected chi connectivity index (χ2v) is 12.8. The summed E-state index contributed by atoms with van der Waals surface area (Å²) < 4.78 is 18.2. The van der Waals surface area contributed by atoms with E-state index >= 15 is 0 Å². The molecule has 9 heteroatoms. The Morgan fingerprint density at radius 2 is 1.98 bits per heavy atom. The zero-order chi connectivity index (χ0) is 28.4. The number of nitrogens with zero attached hydrogens (tertiary/aromatic N) is 1. The summed E-state index contributed by atoms with van der Waals surface area (Å²) in [7, 11) is 1.57. The van der Waals surface area contributed by atoms with Crippen LogP contribution in [0.1, 0.15) is 48.7 Å². The van der Waals surface area contributed by atoms with E-state index in [4.69, 9.17) is 14.2 Å². The molecule has 1 aromatic heterocycles. The number of hydrogen-bond acceptors (Lipinski definition) is 8. The van der Waals surface area contributed by atoms with Crippen molar-refractivity contribution in [3.05, 3.63) is 87.5 Å². The van der Waals surface area contributed by atoms with Crippen LogP contribution in [0, 0.1) is 0 Å². The summed E-state index contributed by atoms with van der Waals surface area (Å²) in [6.07, 6.45) is 7.84.